The molecule has 0 amide bonds. The number of hydrogen-bond donors (Lipinski definition) is 2. The standard InChI is InChI=1S/C6H6BN3O2/c11-7(12)6-2-1-5-3-8-4-9-10(5)6/h1-4,11-12H. The maximum atomic E-state index is 8.88. The van der Waals surface area contributed by atoms with Crippen LogP contribution in [0.2, 0.25) is 0 Å². The molecule has 12 heavy (non-hydrogen) atoms. The topological polar surface area (TPSA) is 70.7 Å². The van der Waals surface area contributed by atoms with E-state index in [9.17, 15) is 0 Å². The predicted molar refractivity (Wildman–Crippen MR) is 42.8 cm³/mol. The largest absolute Gasteiger partial charge is 0.508 e. The fraction of sp³-hybridized carbons (Fsp3) is 0. The molecule has 2 aromatic heterocycles. The monoisotopic (exact) mass is 163 g/mol. The van der Waals surface area contributed by atoms with E-state index < -0.39 is 7.12 Å². The van der Waals surface area contributed by atoms with Crippen LogP contribution in [-0.4, -0.2) is 31.8 Å². The maximum Gasteiger partial charge on any atom is 0.508 e. The molecule has 2 N–H and O–H groups in total. The minimum atomic E-state index is -1.50. The second-order valence-corrected chi connectivity index (χ2v) is 2.38. The maximum absolute atomic E-state index is 8.88. The Morgan fingerprint density at radius 2 is 2.17 bits per heavy atom. The number of nitrogens with zero attached hydrogens (tertiary/aromatic N) is 3. The summed E-state index contributed by atoms with van der Waals surface area (Å²) in [5.41, 5.74) is 1.08. The number of aromatic nitrogens is 3. The summed E-state index contributed by atoms with van der Waals surface area (Å²) in [5, 5.41) is 21.6. The van der Waals surface area contributed by atoms with E-state index in [-0.39, 0.29) is 0 Å². The molecule has 5 nitrogen and oxygen atoms in total. The first-order valence-corrected chi connectivity index (χ1v) is 3.43. The third-order valence-electron chi connectivity index (χ3n) is 1.62. The Hall–Kier alpha value is -1.40. The fourth-order valence-corrected chi connectivity index (χ4v) is 1.08. The highest BCUT2D eigenvalue weighted by Crippen LogP contribution is 1.96. The molecule has 0 atom stereocenters. The lowest BCUT2D eigenvalue weighted by Crippen LogP contribution is -2.34. The average molecular weight is 163 g/mol. The quantitative estimate of drug-likeness (QED) is 0.497. The van der Waals surface area contributed by atoms with Gasteiger partial charge in [0.1, 0.15) is 6.33 Å². The lowest BCUT2D eigenvalue weighted by molar-refractivity contribution is 0.423. The number of rotatable bonds is 1. The first-order chi connectivity index (χ1) is 5.79. The summed E-state index contributed by atoms with van der Waals surface area (Å²) in [7, 11) is -1.50. The van der Waals surface area contributed by atoms with Crippen LogP contribution in [-0.2, 0) is 0 Å². The smallest absolute Gasteiger partial charge is 0.422 e. The zero-order valence-electron chi connectivity index (χ0n) is 6.12. The van der Waals surface area contributed by atoms with Crippen molar-refractivity contribution >= 4 is 18.2 Å². The average Bonchev–Trinajstić information content (AvgIpc) is 2.47. The van der Waals surface area contributed by atoms with Gasteiger partial charge >= 0.3 is 7.12 Å². The van der Waals surface area contributed by atoms with Crippen LogP contribution >= 0.6 is 0 Å². The molecule has 0 aromatic carbocycles. The molecule has 0 saturated heterocycles. The van der Waals surface area contributed by atoms with Crippen LogP contribution in [0.25, 0.3) is 5.52 Å². The Balaban J connectivity index is 2.70. The first-order valence-electron chi connectivity index (χ1n) is 3.43. The van der Waals surface area contributed by atoms with E-state index in [4.69, 9.17) is 10.0 Å². The van der Waals surface area contributed by atoms with Gasteiger partial charge in [-0.25, -0.2) is 9.50 Å². The third kappa shape index (κ3) is 0.974. The molecule has 0 aliphatic heterocycles. The molecule has 6 heteroatoms. The van der Waals surface area contributed by atoms with Crippen LogP contribution in [0.4, 0.5) is 0 Å². The highest BCUT2D eigenvalue weighted by atomic mass is 16.4. The van der Waals surface area contributed by atoms with Gasteiger partial charge in [0.25, 0.3) is 0 Å². The summed E-state index contributed by atoms with van der Waals surface area (Å²) in [6.07, 6.45) is 2.94. The molecule has 0 aliphatic rings. The summed E-state index contributed by atoms with van der Waals surface area (Å²) in [4.78, 5) is 3.79. The van der Waals surface area contributed by atoms with Gasteiger partial charge in [-0.2, -0.15) is 5.10 Å². The van der Waals surface area contributed by atoms with Gasteiger partial charge in [-0.15, -0.1) is 0 Å². The van der Waals surface area contributed by atoms with E-state index >= 15 is 0 Å². The van der Waals surface area contributed by atoms with Gasteiger partial charge in [0.15, 0.2) is 0 Å². The minimum Gasteiger partial charge on any atom is -0.422 e. The van der Waals surface area contributed by atoms with Crippen LogP contribution in [0.1, 0.15) is 0 Å². The van der Waals surface area contributed by atoms with Gasteiger partial charge in [-0.3, -0.25) is 0 Å². The molecule has 0 fully saturated rings. The summed E-state index contributed by atoms with van der Waals surface area (Å²) in [6.45, 7) is 0. The summed E-state index contributed by atoms with van der Waals surface area (Å²) < 4.78 is 1.43. The number of fused-ring (bicyclic) bond motifs is 1. The van der Waals surface area contributed by atoms with Crippen molar-refractivity contribution in [3.8, 4) is 0 Å². The van der Waals surface area contributed by atoms with Gasteiger partial charge in [0.2, 0.25) is 0 Å². The van der Waals surface area contributed by atoms with Gasteiger partial charge in [0.05, 0.1) is 17.3 Å². The van der Waals surface area contributed by atoms with Crippen molar-refractivity contribution in [3.63, 3.8) is 0 Å². The molecule has 2 heterocycles. The molecule has 0 radical (unpaired) electrons. The Labute approximate surface area is 68.4 Å². The lowest BCUT2D eigenvalue weighted by Gasteiger charge is -1.97. The second-order valence-electron chi connectivity index (χ2n) is 2.38. The molecule has 0 bridgehead atoms. The molecular weight excluding hydrogens is 157 g/mol. The van der Waals surface area contributed by atoms with E-state index in [0.717, 1.165) is 5.52 Å². The Kier molecular flexibility index (Phi) is 1.56. The van der Waals surface area contributed by atoms with E-state index in [1.54, 1.807) is 18.3 Å². The van der Waals surface area contributed by atoms with E-state index in [2.05, 4.69) is 10.1 Å². The zero-order valence-corrected chi connectivity index (χ0v) is 6.12. The van der Waals surface area contributed by atoms with Crippen LogP contribution in [0.5, 0.6) is 0 Å². The predicted octanol–water partition coefficient (Wildman–Crippen LogP) is -1.59. The molecular formula is C6H6BN3O2. The first kappa shape index (κ1) is 7.26. The second kappa shape index (κ2) is 2.58. The summed E-state index contributed by atoms with van der Waals surface area (Å²) in [5.74, 6) is 0. The highest BCUT2D eigenvalue weighted by Gasteiger charge is 2.15. The van der Waals surface area contributed by atoms with Gasteiger partial charge in [-0.05, 0) is 12.1 Å². The van der Waals surface area contributed by atoms with Gasteiger partial charge in [-0.1, -0.05) is 0 Å². The van der Waals surface area contributed by atoms with E-state index in [1.165, 1.54) is 10.8 Å². The van der Waals surface area contributed by atoms with Gasteiger partial charge in [0, 0.05) is 0 Å². The van der Waals surface area contributed by atoms with Crippen molar-refractivity contribution in [1.82, 2.24) is 14.6 Å². The van der Waals surface area contributed by atoms with Crippen molar-refractivity contribution in [1.29, 1.82) is 0 Å². The van der Waals surface area contributed by atoms with Crippen molar-refractivity contribution in [2.75, 3.05) is 0 Å². The zero-order chi connectivity index (χ0) is 8.55. The summed E-state index contributed by atoms with van der Waals surface area (Å²) in [6, 6.07) is 3.31. The highest BCUT2D eigenvalue weighted by molar-refractivity contribution is 6.57. The lowest BCUT2D eigenvalue weighted by atomic mass is 9.87. The van der Waals surface area contributed by atoms with Crippen LogP contribution < -0.4 is 5.59 Å². The number of hydrogen-bond acceptors (Lipinski definition) is 4. The normalized spacial score (nSPS) is 10.5. The van der Waals surface area contributed by atoms with Crippen molar-refractivity contribution in [2.45, 2.75) is 0 Å². The van der Waals surface area contributed by atoms with Gasteiger partial charge < -0.3 is 10.0 Å². The van der Waals surface area contributed by atoms with E-state index in [1.807, 2.05) is 0 Å². The molecule has 2 rings (SSSR count). The Morgan fingerprint density at radius 1 is 1.33 bits per heavy atom. The molecule has 2 aromatic rings. The molecule has 0 aliphatic carbocycles. The SMILES string of the molecule is OB(O)c1ccc2cncnn12. The van der Waals surface area contributed by atoms with Crippen molar-refractivity contribution < 1.29 is 10.0 Å². The molecule has 60 valence electrons. The van der Waals surface area contributed by atoms with Crippen molar-refractivity contribution in [3.05, 3.63) is 24.7 Å². The summed E-state index contributed by atoms with van der Waals surface area (Å²) >= 11 is 0. The Bertz CT molecular complexity index is 400. The molecule has 0 saturated carbocycles. The minimum absolute atomic E-state index is 0.340. The molecule has 0 unspecified atom stereocenters. The van der Waals surface area contributed by atoms with E-state index in [0.29, 0.717) is 5.59 Å². The third-order valence-corrected chi connectivity index (χ3v) is 1.62. The Morgan fingerprint density at radius 3 is 2.92 bits per heavy atom. The fourth-order valence-electron chi connectivity index (χ4n) is 1.08. The van der Waals surface area contributed by atoms with Crippen LogP contribution in [0.3, 0.4) is 0 Å². The molecule has 0 spiro atoms. The van der Waals surface area contributed by atoms with Crippen LogP contribution in [0, 0.1) is 0 Å². The van der Waals surface area contributed by atoms with Crippen LogP contribution in [0.15, 0.2) is 24.7 Å². The van der Waals surface area contributed by atoms with Crippen molar-refractivity contribution in [2.24, 2.45) is 0 Å².